The van der Waals surface area contributed by atoms with Crippen LogP contribution in [-0.4, -0.2) is 91.6 Å². The maximum absolute atomic E-state index is 13.6. The van der Waals surface area contributed by atoms with Gasteiger partial charge in [0.1, 0.15) is 5.78 Å². The second kappa shape index (κ2) is 17.7. The molecule has 0 spiro atoms. The molecule has 0 bridgehead atoms. The van der Waals surface area contributed by atoms with Crippen molar-refractivity contribution in [1.29, 1.82) is 0 Å². The Morgan fingerprint density at radius 2 is 0.900 bits per heavy atom. The second-order valence-corrected chi connectivity index (χ2v) is 11.8. The fourth-order valence-corrected chi connectivity index (χ4v) is 4.04. The SMILES string of the molecule is CC(C)[O][Al+][C](=O)C(F)(F)C(F)(F)C(F)(F)C(F)(F)C(F)(F)C(F)(F)C(F)(F)C(F)(F)C(F)(F)F.CCCCCCCCCC(=O)CC(=O)[O-]. The van der Waals surface area contributed by atoms with Gasteiger partial charge in [-0.2, -0.15) is 0 Å². The van der Waals surface area contributed by atoms with Crippen LogP contribution in [0.2, 0.25) is 0 Å². The number of hydrogen-bond acceptors (Lipinski definition) is 5. The van der Waals surface area contributed by atoms with Gasteiger partial charge in [-0.3, -0.25) is 4.79 Å². The van der Waals surface area contributed by atoms with Crippen LogP contribution in [-0.2, 0) is 18.2 Å². The first kappa shape index (κ1) is 50.1. The summed E-state index contributed by atoms with van der Waals surface area (Å²) < 4.78 is 249. The molecule has 0 aromatic rings. The summed E-state index contributed by atoms with van der Waals surface area (Å²) in [4.78, 5) is 32.1. The van der Waals surface area contributed by atoms with Crippen molar-refractivity contribution in [2.24, 2.45) is 0 Å². The van der Waals surface area contributed by atoms with Crippen LogP contribution in [0.25, 0.3) is 0 Å². The van der Waals surface area contributed by atoms with E-state index in [1.54, 1.807) is 0 Å². The molecule has 0 aliphatic heterocycles. The number of unbranched alkanes of at least 4 members (excludes halogenated alkanes) is 6. The van der Waals surface area contributed by atoms with E-state index < -0.39 is 92.2 Å². The molecule has 0 saturated heterocycles. The van der Waals surface area contributed by atoms with Gasteiger partial charge in [0.2, 0.25) is 0 Å². The molecule has 0 aromatic heterocycles. The number of rotatable bonds is 21. The standard InChI is InChI=1S/C12H22O3.C10F19O.C3H7O.Al/c1-2-3-4-5-6-7-8-9-11(13)10-12(14)15;11-2(12,1-30)3(13,14)4(15,16)5(17,18)6(19,20)7(21,22)8(23,24)9(25,26)10(27,28)29;1-3(2)4;/h2-10H2,1H3,(H,14,15);;3H,1-2H3;/q;;-1;+2/p-1. The van der Waals surface area contributed by atoms with Crippen LogP contribution < -0.4 is 5.11 Å². The van der Waals surface area contributed by atoms with Crippen LogP contribution in [0.15, 0.2) is 0 Å². The van der Waals surface area contributed by atoms with Gasteiger partial charge in [-0.15, -0.1) is 0 Å². The van der Waals surface area contributed by atoms with E-state index in [0.717, 1.165) is 33.1 Å². The largest absolute Gasteiger partial charge is 0.550 e. The zero-order valence-electron chi connectivity index (χ0n) is 25.7. The van der Waals surface area contributed by atoms with Crippen LogP contribution in [0, 0.1) is 0 Å². The topological polar surface area (TPSA) is 83.5 Å². The van der Waals surface area contributed by atoms with E-state index in [4.69, 9.17) is 0 Å². The fourth-order valence-electron chi connectivity index (χ4n) is 3.32. The Morgan fingerprint density at radius 3 is 1.24 bits per heavy atom. The first-order valence-electron chi connectivity index (χ1n) is 13.8. The summed E-state index contributed by atoms with van der Waals surface area (Å²) in [5, 5.41) is 10.1. The van der Waals surface area contributed by atoms with Gasteiger partial charge in [-0.1, -0.05) is 45.4 Å². The molecule has 0 aromatic carbocycles. The number of hydrogen-bond donors (Lipinski definition) is 0. The number of Topliss-reactive ketones (excluding diaryl/α,β-unsaturated/α-hetero) is 1. The minimum absolute atomic E-state index is 0.205. The normalized spacial score (nSPS) is 14.2. The van der Waals surface area contributed by atoms with Gasteiger partial charge in [0.25, 0.3) is 0 Å². The van der Waals surface area contributed by atoms with Crippen molar-refractivity contribution >= 4 is 32.0 Å². The van der Waals surface area contributed by atoms with E-state index in [2.05, 4.69) is 10.7 Å². The van der Waals surface area contributed by atoms with Gasteiger partial charge in [-0.05, 0) is 6.42 Å². The number of aliphatic carboxylic acids is 1. The van der Waals surface area contributed by atoms with Crippen molar-refractivity contribution in [1.82, 2.24) is 0 Å². The minimum atomic E-state index is -9.01. The quantitative estimate of drug-likeness (QED) is 0.0509. The maximum atomic E-state index is 13.6. The molecule has 0 aliphatic rings. The third kappa shape index (κ3) is 10.5. The third-order valence-corrected chi connectivity index (χ3v) is 7.53. The molecule has 0 amide bonds. The van der Waals surface area contributed by atoms with Crippen LogP contribution in [0.3, 0.4) is 0 Å². The summed E-state index contributed by atoms with van der Waals surface area (Å²) in [6, 6.07) is 0. The third-order valence-electron chi connectivity index (χ3n) is 6.27. The summed E-state index contributed by atoms with van der Waals surface area (Å²) in [6.45, 7) is 4.01. The predicted molar refractivity (Wildman–Crippen MR) is 130 cm³/mol. The van der Waals surface area contributed by atoms with E-state index in [1.807, 2.05) is 0 Å². The number of carbonyl (C=O) groups excluding carboxylic acids is 3. The molecule has 50 heavy (non-hydrogen) atoms. The number of ketones is 1. The van der Waals surface area contributed by atoms with E-state index in [9.17, 15) is 103 Å². The Labute approximate surface area is 277 Å². The maximum Gasteiger partial charge on any atom is 0.138 e. The monoisotopic (exact) mass is 796 g/mol. The number of carboxylic acids is 1. The number of alkyl halides is 19. The van der Waals surface area contributed by atoms with Crippen molar-refractivity contribution in [2.45, 2.75) is 138 Å². The van der Waals surface area contributed by atoms with Crippen LogP contribution in [0.1, 0.15) is 78.6 Å². The van der Waals surface area contributed by atoms with Crippen molar-refractivity contribution in [3.8, 4) is 0 Å². The van der Waals surface area contributed by atoms with Gasteiger partial charge < -0.3 is 9.90 Å². The molecule has 0 fully saturated rings. The van der Waals surface area contributed by atoms with E-state index in [0.29, 0.717) is 6.42 Å². The molecule has 0 saturated carbocycles. The Bertz CT molecular complexity index is 1120. The Morgan fingerprint density at radius 1 is 0.560 bits per heavy atom. The van der Waals surface area contributed by atoms with Crippen LogP contribution >= 0.6 is 0 Å². The molecule has 0 aliphatic carbocycles. The van der Waals surface area contributed by atoms with Gasteiger partial charge in [-0.25, -0.2) is 0 Å². The number of carboxylic acid groups (broad SMARTS) is 1. The van der Waals surface area contributed by atoms with E-state index >= 15 is 0 Å². The number of carbonyl (C=O) groups is 3. The van der Waals surface area contributed by atoms with Gasteiger partial charge in [0.05, 0.1) is 0 Å². The molecule has 0 unspecified atom stereocenters. The molecule has 0 radical (unpaired) electrons. The van der Waals surface area contributed by atoms with Crippen LogP contribution in [0.4, 0.5) is 83.4 Å². The summed E-state index contributed by atoms with van der Waals surface area (Å²) in [5.74, 6) is -69.4. The van der Waals surface area contributed by atoms with Crippen molar-refractivity contribution in [2.75, 3.05) is 0 Å². The minimum Gasteiger partial charge on any atom is -0.550 e. The zero-order chi connectivity index (χ0) is 40.6. The molecule has 5 nitrogen and oxygen atoms in total. The molecule has 294 valence electrons. The van der Waals surface area contributed by atoms with Crippen molar-refractivity contribution in [3.63, 3.8) is 0 Å². The molecule has 25 heteroatoms. The van der Waals surface area contributed by atoms with Gasteiger partial charge in [0.15, 0.2) is 0 Å². The smallest absolute Gasteiger partial charge is 0.138 e. The van der Waals surface area contributed by atoms with Crippen LogP contribution in [0.5, 0.6) is 0 Å². The molecule has 0 heterocycles. The average Bonchev–Trinajstić information content (AvgIpc) is 2.93. The summed E-state index contributed by atoms with van der Waals surface area (Å²) in [6.07, 6.45) is -1.24. The Balaban J connectivity index is 0. The number of halogens is 19. The van der Waals surface area contributed by atoms with Gasteiger partial charge >= 0.3 is 186 Å². The van der Waals surface area contributed by atoms with E-state index in [1.165, 1.54) is 25.7 Å². The first-order chi connectivity index (χ1) is 22.0. The summed E-state index contributed by atoms with van der Waals surface area (Å²) >= 11 is -3.17. The van der Waals surface area contributed by atoms with Crippen molar-refractivity contribution < 1.29 is 107 Å². The molecule has 0 rings (SSSR count). The average molecular weight is 796 g/mol. The van der Waals surface area contributed by atoms with E-state index in [-0.39, 0.29) is 5.78 Å². The Kier molecular flexibility index (Phi) is 17.7. The summed E-state index contributed by atoms with van der Waals surface area (Å²) in [7, 11) is 0. The first-order valence-corrected chi connectivity index (χ1v) is 14.9. The Hall–Kier alpha value is -2.03. The second-order valence-electron chi connectivity index (χ2n) is 10.7. The van der Waals surface area contributed by atoms with Crippen molar-refractivity contribution in [3.05, 3.63) is 0 Å². The molecular formula is C25H28AlF19O5. The fraction of sp³-hybridized carbons (Fsp3) is 0.880. The molecule has 0 N–H and O–H groups in total. The predicted octanol–water partition coefficient (Wildman–Crippen LogP) is 8.04. The molecule has 0 atom stereocenters. The zero-order valence-corrected chi connectivity index (χ0v) is 26.9. The molecular weight excluding hydrogens is 768 g/mol. The van der Waals surface area contributed by atoms with Gasteiger partial charge in [0, 0.05) is 18.8 Å². The summed E-state index contributed by atoms with van der Waals surface area (Å²) in [5.41, 5.74) is 0.